The van der Waals surface area contributed by atoms with E-state index < -0.39 is 41.0 Å². The summed E-state index contributed by atoms with van der Waals surface area (Å²) in [6, 6.07) is 3.00. The predicted molar refractivity (Wildman–Crippen MR) is 111 cm³/mol. The zero-order valence-corrected chi connectivity index (χ0v) is 17.6. The van der Waals surface area contributed by atoms with Crippen LogP contribution >= 0.6 is 11.6 Å². The largest absolute Gasteiger partial charge is 0.495 e. The van der Waals surface area contributed by atoms with Gasteiger partial charge in [0.05, 0.1) is 29.8 Å². The molecule has 2 rings (SSSR count). The fraction of sp³-hybridized carbons (Fsp3) is 0.200. The zero-order chi connectivity index (χ0) is 24.0. The highest BCUT2D eigenvalue weighted by molar-refractivity contribution is 6.34. The standard InChI is InChI=1S/C20H18ClF2N3O6/c1-9-5-16(32-2)15(24-17(27)3-4-18(28)29)8-14(9)25-20(31)26-19(30)10-6-12(22)13(23)7-11(10)21/h5-8H,3-4H2,1-2H3,(H,24,27)(H,28,29)(H2,25,26,30,31). The van der Waals surface area contributed by atoms with Crippen LogP contribution in [0.3, 0.4) is 0 Å². The minimum atomic E-state index is -1.31. The van der Waals surface area contributed by atoms with Gasteiger partial charge in [-0.15, -0.1) is 0 Å². The summed E-state index contributed by atoms with van der Waals surface area (Å²) in [5.74, 6) is -5.10. The number of ether oxygens (including phenoxy) is 1. The van der Waals surface area contributed by atoms with Gasteiger partial charge in [-0.2, -0.15) is 0 Å². The van der Waals surface area contributed by atoms with Gasteiger partial charge in [0.1, 0.15) is 5.75 Å². The third kappa shape index (κ3) is 6.38. The molecule has 2 aromatic carbocycles. The molecule has 0 aliphatic carbocycles. The van der Waals surface area contributed by atoms with Gasteiger partial charge in [0.15, 0.2) is 11.6 Å². The third-order valence-electron chi connectivity index (χ3n) is 4.12. The number of hydrogen-bond acceptors (Lipinski definition) is 5. The molecule has 4 N–H and O–H groups in total. The van der Waals surface area contributed by atoms with E-state index in [4.69, 9.17) is 21.4 Å². The van der Waals surface area contributed by atoms with Crippen LogP contribution in [0.1, 0.15) is 28.8 Å². The summed E-state index contributed by atoms with van der Waals surface area (Å²) < 4.78 is 31.7. The minimum Gasteiger partial charge on any atom is -0.495 e. The van der Waals surface area contributed by atoms with Gasteiger partial charge in [0.2, 0.25) is 5.91 Å². The first-order valence-corrected chi connectivity index (χ1v) is 9.36. The monoisotopic (exact) mass is 469 g/mol. The number of amides is 4. The maximum Gasteiger partial charge on any atom is 0.326 e. The highest BCUT2D eigenvalue weighted by atomic mass is 35.5. The number of carbonyl (C=O) groups excluding carboxylic acids is 3. The lowest BCUT2D eigenvalue weighted by molar-refractivity contribution is -0.138. The van der Waals surface area contributed by atoms with E-state index in [0.717, 1.165) is 0 Å². The Balaban J connectivity index is 2.16. The van der Waals surface area contributed by atoms with Crippen LogP contribution in [0.25, 0.3) is 0 Å². The van der Waals surface area contributed by atoms with E-state index >= 15 is 0 Å². The van der Waals surface area contributed by atoms with Crippen molar-refractivity contribution < 1.29 is 37.8 Å². The van der Waals surface area contributed by atoms with Gasteiger partial charge in [-0.1, -0.05) is 11.6 Å². The summed E-state index contributed by atoms with van der Waals surface area (Å²) in [4.78, 5) is 47.0. The Kier molecular flexibility index (Phi) is 8.08. The first-order chi connectivity index (χ1) is 15.0. The van der Waals surface area contributed by atoms with Crippen LogP contribution in [0.4, 0.5) is 25.0 Å². The second-order valence-electron chi connectivity index (χ2n) is 6.46. The van der Waals surface area contributed by atoms with Gasteiger partial charge in [-0.05, 0) is 36.8 Å². The van der Waals surface area contributed by atoms with Gasteiger partial charge in [-0.3, -0.25) is 19.7 Å². The first-order valence-electron chi connectivity index (χ1n) is 8.99. The number of rotatable bonds is 7. The average molecular weight is 470 g/mol. The highest BCUT2D eigenvalue weighted by Gasteiger charge is 2.19. The number of carboxylic acid groups (broad SMARTS) is 1. The Labute approximate surface area is 185 Å². The predicted octanol–water partition coefficient (Wildman–Crippen LogP) is 3.70. The number of aliphatic carboxylic acids is 1. The molecule has 0 radical (unpaired) electrons. The molecule has 32 heavy (non-hydrogen) atoms. The fourth-order valence-corrected chi connectivity index (χ4v) is 2.77. The van der Waals surface area contributed by atoms with Crippen LogP contribution in [0, 0.1) is 18.6 Å². The Bertz CT molecular complexity index is 1090. The summed E-state index contributed by atoms with van der Waals surface area (Å²) in [5.41, 5.74) is 0.386. The topological polar surface area (TPSA) is 134 Å². The summed E-state index contributed by atoms with van der Waals surface area (Å²) >= 11 is 5.72. The number of nitrogens with one attached hydrogen (secondary N) is 3. The van der Waals surface area contributed by atoms with E-state index in [9.17, 15) is 28.0 Å². The van der Waals surface area contributed by atoms with Crippen molar-refractivity contribution in [3.8, 4) is 5.75 Å². The fourth-order valence-electron chi connectivity index (χ4n) is 2.54. The normalized spacial score (nSPS) is 10.3. The molecule has 0 heterocycles. The van der Waals surface area contributed by atoms with E-state index in [1.54, 1.807) is 6.92 Å². The first kappa shape index (κ1) is 24.5. The molecule has 9 nitrogen and oxygen atoms in total. The second-order valence-corrected chi connectivity index (χ2v) is 6.87. The van der Waals surface area contributed by atoms with Crippen molar-refractivity contribution in [2.24, 2.45) is 0 Å². The SMILES string of the molecule is COc1cc(C)c(NC(=O)NC(=O)c2cc(F)c(F)cc2Cl)cc1NC(=O)CCC(=O)O. The Morgan fingerprint density at radius 1 is 1.00 bits per heavy atom. The number of aryl methyl sites for hydroxylation is 1. The van der Waals surface area contributed by atoms with Crippen molar-refractivity contribution in [3.05, 3.63) is 52.0 Å². The number of carboxylic acids is 1. The second kappa shape index (κ2) is 10.5. The molecule has 2 aromatic rings. The van der Waals surface area contributed by atoms with Crippen LogP contribution in [0.2, 0.25) is 5.02 Å². The lowest BCUT2D eigenvalue weighted by Gasteiger charge is -2.15. The maximum absolute atomic E-state index is 13.4. The number of urea groups is 1. The molecule has 0 unspecified atom stereocenters. The lowest BCUT2D eigenvalue weighted by Crippen LogP contribution is -2.34. The van der Waals surface area contributed by atoms with Crippen LogP contribution in [-0.2, 0) is 9.59 Å². The number of halogens is 3. The molecule has 170 valence electrons. The van der Waals surface area contributed by atoms with Crippen molar-refractivity contribution in [3.63, 3.8) is 0 Å². The molecule has 0 aliphatic heterocycles. The highest BCUT2D eigenvalue weighted by Crippen LogP contribution is 2.31. The van der Waals surface area contributed by atoms with Gasteiger partial charge >= 0.3 is 12.0 Å². The smallest absolute Gasteiger partial charge is 0.326 e. The Morgan fingerprint density at radius 2 is 1.66 bits per heavy atom. The molecule has 0 bridgehead atoms. The van der Waals surface area contributed by atoms with Gasteiger partial charge in [0, 0.05) is 12.1 Å². The van der Waals surface area contributed by atoms with Gasteiger partial charge in [0.25, 0.3) is 5.91 Å². The molecule has 0 aliphatic rings. The summed E-state index contributed by atoms with van der Waals surface area (Å²) in [5, 5.41) is 15.1. The van der Waals surface area contributed by atoms with Crippen LogP contribution in [0.5, 0.6) is 5.75 Å². The van der Waals surface area contributed by atoms with Crippen molar-refractivity contribution in [2.45, 2.75) is 19.8 Å². The number of methoxy groups -OCH3 is 1. The van der Waals surface area contributed by atoms with Gasteiger partial charge in [-0.25, -0.2) is 13.6 Å². The molecular weight excluding hydrogens is 452 g/mol. The van der Waals surface area contributed by atoms with E-state index in [1.165, 1.54) is 19.2 Å². The molecule has 0 saturated carbocycles. The Hall–Kier alpha value is -3.73. The molecule has 0 fully saturated rings. The molecule has 0 spiro atoms. The zero-order valence-electron chi connectivity index (χ0n) is 16.8. The van der Waals surface area contributed by atoms with E-state index in [-0.39, 0.29) is 35.0 Å². The average Bonchev–Trinajstić information content (AvgIpc) is 2.71. The van der Waals surface area contributed by atoms with Crippen LogP contribution in [0.15, 0.2) is 24.3 Å². The molecular formula is C20H18ClF2N3O6. The Morgan fingerprint density at radius 3 is 2.28 bits per heavy atom. The van der Waals surface area contributed by atoms with Crippen LogP contribution < -0.4 is 20.7 Å². The summed E-state index contributed by atoms with van der Waals surface area (Å²) in [7, 11) is 1.35. The van der Waals surface area contributed by atoms with Crippen molar-refractivity contribution in [1.82, 2.24) is 5.32 Å². The van der Waals surface area contributed by atoms with E-state index in [1.807, 2.05) is 5.32 Å². The van der Waals surface area contributed by atoms with E-state index in [2.05, 4.69) is 10.6 Å². The van der Waals surface area contributed by atoms with Crippen molar-refractivity contribution >= 4 is 46.8 Å². The van der Waals surface area contributed by atoms with Crippen LogP contribution in [-0.4, -0.2) is 36.0 Å². The number of benzene rings is 2. The molecule has 0 saturated heterocycles. The summed E-state index contributed by atoms with van der Waals surface area (Å²) in [6.45, 7) is 1.61. The van der Waals surface area contributed by atoms with Crippen molar-refractivity contribution in [2.75, 3.05) is 17.7 Å². The minimum absolute atomic E-state index is 0.152. The molecule has 0 atom stereocenters. The third-order valence-corrected chi connectivity index (χ3v) is 4.43. The number of anilines is 2. The van der Waals surface area contributed by atoms with E-state index in [0.29, 0.717) is 17.7 Å². The summed E-state index contributed by atoms with van der Waals surface area (Å²) in [6.07, 6.45) is -0.652. The van der Waals surface area contributed by atoms with Crippen molar-refractivity contribution in [1.29, 1.82) is 0 Å². The quantitative estimate of drug-likeness (QED) is 0.457. The number of imide groups is 1. The maximum atomic E-state index is 13.4. The molecule has 12 heteroatoms. The number of carbonyl (C=O) groups is 4. The van der Waals surface area contributed by atoms with Gasteiger partial charge < -0.3 is 20.5 Å². The molecule has 0 aromatic heterocycles. The number of hydrogen-bond donors (Lipinski definition) is 4. The molecule has 4 amide bonds. The lowest BCUT2D eigenvalue weighted by atomic mass is 10.1.